The molecule has 94 valence electrons. The van der Waals surface area contributed by atoms with Crippen LogP contribution in [0.25, 0.3) is 0 Å². The van der Waals surface area contributed by atoms with Crippen molar-refractivity contribution in [3.05, 3.63) is 38.8 Å². The maximum absolute atomic E-state index is 12.0. The lowest BCUT2D eigenvalue weighted by Crippen LogP contribution is -2.39. The highest BCUT2D eigenvalue weighted by Gasteiger charge is 2.21. The van der Waals surface area contributed by atoms with E-state index in [0.717, 1.165) is 28.7 Å². The molecule has 3 heterocycles. The van der Waals surface area contributed by atoms with Crippen molar-refractivity contribution in [3.63, 3.8) is 0 Å². The predicted octanol–water partition coefficient (Wildman–Crippen LogP) is 2.45. The van der Waals surface area contributed by atoms with E-state index in [2.05, 4.69) is 26.3 Å². The van der Waals surface area contributed by atoms with Gasteiger partial charge in [-0.1, -0.05) is 0 Å². The average Bonchev–Trinajstić information content (AvgIpc) is 2.96. The third-order valence-corrected chi connectivity index (χ3v) is 4.77. The van der Waals surface area contributed by atoms with Gasteiger partial charge in [-0.05, 0) is 34.5 Å². The molecule has 1 aliphatic rings. The molecule has 2 aromatic heterocycles. The van der Waals surface area contributed by atoms with Crippen LogP contribution in [0.4, 0.5) is 0 Å². The highest BCUT2D eigenvalue weighted by molar-refractivity contribution is 9.10. The fourth-order valence-electron chi connectivity index (χ4n) is 2.18. The second-order valence-corrected chi connectivity index (χ2v) is 6.16. The van der Waals surface area contributed by atoms with Gasteiger partial charge in [0, 0.05) is 40.8 Å². The van der Waals surface area contributed by atoms with E-state index in [9.17, 15) is 4.79 Å². The number of aromatic nitrogens is 2. The molecule has 1 aliphatic heterocycles. The van der Waals surface area contributed by atoms with Gasteiger partial charge in [-0.2, -0.15) is 5.10 Å². The standard InChI is InChI=1S/C12H12BrN3OS/c13-8-5-11(18-7-8)12(17)15-9-2-4-16-10(6-9)1-3-14-16/h1,3,5,7,9H,2,4,6H2,(H,15,17). The van der Waals surface area contributed by atoms with Crippen LogP contribution in [0.1, 0.15) is 21.8 Å². The zero-order chi connectivity index (χ0) is 12.5. The summed E-state index contributed by atoms with van der Waals surface area (Å²) in [5.74, 6) is 0.0173. The first-order valence-electron chi connectivity index (χ1n) is 5.78. The third kappa shape index (κ3) is 2.35. The summed E-state index contributed by atoms with van der Waals surface area (Å²) in [6.45, 7) is 0.876. The molecule has 0 fully saturated rings. The highest BCUT2D eigenvalue weighted by Crippen LogP contribution is 2.20. The summed E-state index contributed by atoms with van der Waals surface area (Å²) in [7, 11) is 0. The van der Waals surface area contributed by atoms with Gasteiger partial charge in [0.2, 0.25) is 0 Å². The minimum Gasteiger partial charge on any atom is -0.348 e. The Morgan fingerprint density at radius 1 is 1.61 bits per heavy atom. The van der Waals surface area contributed by atoms with E-state index >= 15 is 0 Å². The van der Waals surface area contributed by atoms with Crippen molar-refractivity contribution < 1.29 is 4.79 Å². The number of hydrogen-bond acceptors (Lipinski definition) is 3. The van der Waals surface area contributed by atoms with E-state index in [-0.39, 0.29) is 11.9 Å². The lowest BCUT2D eigenvalue weighted by atomic mass is 10.0. The zero-order valence-corrected chi connectivity index (χ0v) is 12.0. The molecular formula is C12H12BrN3OS. The van der Waals surface area contributed by atoms with Gasteiger partial charge in [-0.15, -0.1) is 11.3 Å². The first-order chi connectivity index (χ1) is 8.72. The second-order valence-electron chi connectivity index (χ2n) is 4.34. The molecule has 0 bridgehead atoms. The van der Waals surface area contributed by atoms with Crippen molar-refractivity contribution >= 4 is 33.2 Å². The maximum Gasteiger partial charge on any atom is 0.261 e. The molecule has 0 spiro atoms. The average molecular weight is 326 g/mol. The molecule has 1 atom stereocenters. The molecule has 0 radical (unpaired) electrons. The number of rotatable bonds is 2. The third-order valence-electron chi connectivity index (χ3n) is 3.08. The molecule has 0 aliphatic carbocycles. The molecule has 1 N–H and O–H groups in total. The predicted molar refractivity (Wildman–Crippen MR) is 73.8 cm³/mol. The molecule has 0 aromatic carbocycles. The van der Waals surface area contributed by atoms with Gasteiger partial charge in [0.25, 0.3) is 5.91 Å². The summed E-state index contributed by atoms with van der Waals surface area (Å²) >= 11 is 4.82. The van der Waals surface area contributed by atoms with E-state index in [1.165, 1.54) is 17.0 Å². The van der Waals surface area contributed by atoms with Gasteiger partial charge >= 0.3 is 0 Å². The van der Waals surface area contributed by atoms with Gasteiger partial charge in [0.05, 0.1) is 4.88 Å². The monoisotopic (exact) mass is 325 g/mol. The number of hydrogen-bond donors (Lipinski definition) is 1. The van der Waals surface area contributed by atoms with Crippen molar-refractivity contribution in [2.75, 3.05) is 0 Å². The summed E-state index contributed by atoms with van der Waals surface area (Å²) < 4.78 is 2.96. The van der Waals surface area contributed by atoms with E-state index in [1.807, 2.05) is 28.4 Å². The lowest BCUT2D eigenvalue weighted by Gasteiger charge is -2.24. The Labute approximate surface area is 117 Å². The van der Waals surface area contributed by atoms with Crippen LogP contribution >= 0.6 is 27.3 Å². The normalized spacial score (nSPS) is 18.4. The number of carbonyl (C=O) groups is 1. The Bertz CT molecular complexity index is 577. The molecule has 0 saturated carbocycles. The van der Waals surface area contributed by atoms with E-state index in [4.69, 9.17) is 0 Å². The summed E-state index contributed by atoms with van der Waals surface area (Å²) in [6, 6.07) is 4.08. The molecule has 18 heavy (non-hydrogen) atoms. The fourth-order valence-corrected chi connectivity index (χ4v) is 3.51. The van der Waals surface area contributed by atoms with Gasteiger partial charge < -0.3 is 5.32 Å². The van der Waals surface area contributed by atoms with Crippen LogP contribution in [0.3, 0.4) is 0 Å². The minimum absolute atomic E-state index is 0.0173. The first kappa shape index (κ1) is 11.9. The van der Waals surface area contributed by atoms with Crippen molar-refractivity contribution in [1.29, 1.82) is 0 Å². The highest BCUT2D eigenvalue weighted by atomic mass is 79.9. The van der Waals surface area contributed by atoms with Crippen LogP contribution in [-0.4, -0.2) is 21.7 Å². The topological polar surface area (TPSA) is 46.9 Å². The van der Waals surface area contributed by atoms with Gasteiger partial charge in [-0.3, -0.25) is 9.48 Å². The number of halogens is 1. The summed E-state index contributed by atoms with van der Waals surface area (Å²) in [6.07, 6.45) is 3.61. The number of aryl methyl sites for hydroxylation is 1. The van der Waals surface area contributed by atoms with E-state index in [1.54, 1.807) is 0 Å². The van der Waals surface area contributed by atoms with E-state index < -0.39 is 0 Å². The van der Waals surface area contributed by atoms with Crippen molar-refractivity contribution in [1.82, 2.24) is 15.1 Å². The Hall–Kier alpha value is -1.14. The van der Waals surface area contributed by atoms with Crippen LogP contribution in [0, 0.1) is 0 Å². The molecule has 4 nitrogen and oxygen atoms in total. The van der Waals surface area contributed by atoms with Crippen LogP contribution in [0.5, 0.6) is 0 Å². The molecule has 0 saturated heterocycles. The zero-order valence-electron chi connectivity index (χ0n) is 9.60. The summed E-state index contributed by atoms with van der Waals surface area (Å²) in [5, 5.41) is 9.24. The number of nitrogens with one attached hydrogen (secondary N) is 1. The summed E-state index contributed by atoms with van der Waals surface area (Å²) in [5.41, 5.74) is 1.19. The molecule has 6 heteroatoms. The quantitative estimate of drug-likeness (QED) is 0.921. The Morgan fingerprint density at radius 2 is 2.50 bits per heavy atom. The van der Waals surface area contributed by atoms with Crippen LogP contribution in [0.15, 0.2) is 28.2 Å². The van der Waals surface area contributed by atoms with Crippen molar-refractivity contribution in [3.8, 4) is 0 Å². The Morgan fingerprint density at radius 3 is 3.28 bits per heavy atom. The Kier molecular flexibility index (Phi) is 3.22. The summed E-state index contributed by atoms with van der Waals surface area (Å²) in [4.78, 5) is 12.8. The first-order valence-corrected chi connectivity index (χ1v) is 7.45. The van der Waals surface area contributed by atoms with Crippen LogP contribution < -0.4 is 5.32 Å². The molecule has 1 amide bonds. The van der Waals surface area contributed by atoms with Crippen molar-refractivity contribution in [2.24, 2.45) is 0 Å². The molecule has 3 rings (SSSR count). The maximum atomic E-state index is 12.0. The minimum atomic E-state index is 0.0173. The van der Waals surface area contributed by atoms with Crippen LogP contribution in [0.2, 0.25) is 0 Å². The molecule has 2 aromatic rings. The van der Waals surface area contributed by atoms with Gasteiger partial charge in [0.15, 0.2) is 0 Å². The van der Waals surface area contributed by atoms with Gasteiger partial charge in [-0.25, -0.2) is 0 Å². The second kappa shape index (κ2) is 4.85. The number of nitrogens with zero attached hydrogens (tertiary/aromatic N) is 2. The number of amides is 1. The SMILES string of the molecule is O=C(NC1CCn2nccc2C1)c1cc(Br)cs1. The number of carbonyl (C=O) groups excluding carboxylic acids is 1. The number of thiophene rings is 1. The number of fused-ring (bicyclic) bond motifs is 1. The Balaban J connectivity index is 1.66. The van der Waals surface area contributed by atoms with Gasteiger partial charge in [0.1, 0.15) is 0 Å². The van der Waals surface area contributed by atoms with E-state index in [0.29, 0.717) is 0 Å². The molecular weight excluding hydrogens is 314 g/mol. The smallest absolute Gasteiger partial charge is 0.261 e. The van der Waals surface area contributed by atoms with Crippen LogP contribution in [-0.2, 0) is 13.0 Å². The lowest BCUT2D eigenvalue weighted by molar-refractivity contribution is 0.0934. The molecule has 1 unspecified atom stereocenters. The largest absolute Gasteiger partial charge is 0.348 e. The van der Waals surface area contributed by atoms with Crippen molar-refractivity contribution in [2.45, 2.75) is 25.4 Å². The fraction of sp³-hybridized carbons (Fsp3) is 0.333.